The Bertz CT molecular complexity index is 701. The predicted octanol–water partition coefficient (Wildman–Crippen LogP) is 2.73. The number of aryl methyl sites for hydroxylation is 1. The van der Waals surface area contributed by atoms with Gasteiger partial charge in [-0.25, -0.2) is 0 Å². The third-order valence-corrected chi connectivity index (χ3v) is 3.15. The molecule has 0 aliphatic rings. The Morgan fingerprint density at radius 2 is 2.00 bits per heavy atom. The average molecular weight is 265 g/mol. The third kappa shape index (κ3) is 2.62. The van der Waals surface area contributed by atoms with Gasteiger partial charge >= 0.3 is 0 Å². The van der Waals surface area contributed by atoms with Gasteiger partial charge in [0, 0.05) is 24.0 Å². The lowest BCUT2D eigenvalue weighted by Crippen LogP contribution is -2.27. The summed E-state index contributed by atoms with van der Waals surface area (Å²) in [5, 5.41) is 8.91. The van der Waals surface area contributed by atoms with Crippen molar-refractivity contribution in [3.8, 4) is 6.07 Å². The van der Waals surface area contributed by atoms with Crippen LogP contribution in [0.25, 0.3) is 0 Å². The van der Waals surface area contributed by atoms with Gasteiger partial charge in [0.05, 0.1) is 11.6 Å². The summed E-state index contributed by atoms with van der Waals surface area (Å²) in [5.74, 6) is -0.127. The summed E-state index contributed by atoms with van der Waals surface area (Å²) >= 11 is 0. The maximum atomic E-state index is 12.5. The monoisotopic (exact) mass is 265 g/mol. The molecule has 0 heterocycles. The molecule has 2 rings (SSSR count). The number of hydrogen-bond donors (Lipinski definition) is 1. The number of benzene rings is 2. The van der Waals surface area contributed by atoms with E-state index < -0.39 is 0 Å². The largest absolute Gasteiger partial charge is 0.399 e. The molecule has 0 saturated carbocycles. The molecule has 0 unspecified atom stereocenters. The van der Waals surface area contributed by atoms with Gasteiger partial charge in [-0.2, -0.15) is 5.26 Å². The molecule has 0 aliphatic heterocycles. The maximum absolute atomic E-state index is 12.5. The smallest absolute Gasteiger partial charge is 0.258 e. The van der Waals surface area contributed by atoms with Gasteiger partial charge in [-0.15, -0.1) is 0 Å². The van der Waals surface area contributed by atoms with Crippen LogP contribution in [0.4, 0.5) is 11.4 Å². The number of anilines is 2. The zero-order chi connectivity index (χ0) is 14.7. The summed E-state index contributed by atoms with van der Waals surface area (Å²) < 4.78 is 0. The Kier molecular flexibility index (Phi) is 3.72. The van der Waals surface area contributed by atoms with E-state index in [-0.39, 0.29) is 5.91 Å². The molecule has 0 aliphatic carbocycles. The first kappa shape index (κ1) is 13.6. The Morgan fingerprint density at radius 3 is 2.65 bits per heavy atom. The molecule has 2 aromatic carbocycles. The number of nitrogen functional groups attached to an aromatic ring is 1. The van der Waals surface area contributed by atoms with Gasteiger partial charge in [0.1, 0.15) is 0 Å². The van der Waals surface area contributed by atoms with E-state index in [1.807, 2.05) is 6.92 Å². The number of rotatable bonds is 2. The molecule has 20 heavy (non-hydrogen) atoms. The highest BCUT2D eigenvalue weighted by Gasteiger charge is 2.15. The maximum Gasteiger partial charge on any atom is 0.258 e. The normalized spacial score (nSPS) is 9.85. The van der Waals surface area contributed by atoms with E-state index in [4.69, 9.17) is 11.0 Å². The summed E-state index contributed by atoms with van der Waals surface area (Å²) in [7, 11) is 1.69. The van der Waals surface area contributed by atoms with Crippen LogP contribution in [0.1, 0.15) is 21.5 Å². The van der Waals surface area contributed by atoms with E-state index in [1.165, 1.54) is 4.90 Å². The minimum atomic E-state index is -0.127. The van der Waals surface area contributed by atoms with Crippen LogP contribution >= 0.6 is 0 Å². The van der Waals surface area contributed by atoms with Crippen molar-refractivity contribution in [3.05, 3.63) is 59.2 Å². The van der Waals surface area contributed by atoms with Crippen molar-refractivity contribution >= 4 is 17.3 Å². The van der Waals surface area contributed by atoms with E-state index >= 15 is 0 Å². The molecular weight excluding hydrogens is 250 g/mol. The van der Waals surface area contributed by atoms with Crippen LogP contribution < -0.4 is 10.6 Å². The summed E-state index contributed by atoms with van der Waals surface area (Å²) in [6.07, 6.45) is 0. The van der Waals surface area contributed by atoms with Gasteiger partial charge in [-0.1, -0.05) is 6.07 Å². The fourth-order valence-electron chi connectivity index (χ4n) is 2.01. The number of hydrogen-bond acceptors (Lipinski definition) is 3. The number of amides is 1. The van der Waals surface area contributed by atoms with Crippen molar-refractivity contribution in [1.29, 1.82) is 5.26 Å². The van der Waals surface area contributed by atoms with Crippen LogP contribution in [-0.2, 0) is 0 Å². The zero-order valence-electron chi connectivity index (χ0n) is 11.4. The number of nitrogens with two attached hydrogens (primary N) is 1. The molecule has 0 atom stereocenters. The molecule has 0 aromatic heterocycles. The van der Waals surface area contributed by atoms with E-state index in [0.717, 1.165) is 5.56 Å². The number of carbonyl (C=O) groups is 1. The Labute approximate surface area is 118 Å². The standard InChI is InChI=1S/C16H15N3O/c1-11-8-13(18)6-7-15(11)16(20)19(2)14-5-3-4-12(9-14)10-17/h3-9H,18H2,1-2H3. The molecule has 1 amide bonds. The van der Waals surface area contributed by atoms with E-state index in [0.29, 0.717) is 22.5 Å². The lowest BCUT2D eigenvalue weighted by Gasteiger charge is -2.19. The van der Waals surface area contributed by atoms with Gasteiger partial charge in [-0.05, 0) is 48.9 Å². The van der Waals surface area contributed by atoms with Gasteiger partial charge in [0.15, 0.2) is 0 Å². The SMILES string of the molecule is Cc1cc(N)ccc1C(=O)N(C)c1cccc(C#N)c1. The highest BCUT2D eigenvalue weighted by Crippen LogP contribution is 2.20. The minimum Gasteiger partial charge on any atom is -0.399 e. The molecule has 0 fully saturated rings. The van der Waals surface area contributed by atoms with E-state index in [1.54, 1.807) is 49.5 Å². The van der Waals surface area contributed by atoms with Crippen LogP contribution in [0, 0.1) is 18.3 Å². The van der Waals surface area contributed by atoms with Crippen LogP contribution in [0.3, 0.4) is 0 Å². The Morgan fingerprint density at radius 1 is 1.25 bits per heavy atom. The van der Waals surface area contributed by atoms with Gasteiger partial charge < -0.3 is 10.6 Å². The van der Waals surface area contributed by atoms with Crippen LogP contribution in [0.5, 0.6) is 0 Å². The summed E-state index contributed by atoms with van der Waals surface area (Å²) in [6, 6.07) is 14.2. The topological polar surface area (TPSA) is 70.1 Å². The van der Waals surface area contributed by atoms with Crippen LogP contribution in [-0.4, -0.2) is 13.0 Å². The number of carbonyl (C=O) groups excluding carboxylic acids is 1. The zero-order valence-corrected chi connectivity index (χ0v) is 11.4. The average Bonchev–Trinajstić information content (AvgIpc) is 2.46. The molecular formula is C16H15N3O. The van der Waals surface area contributed by atoms with E-state index in [2.05, 4.69) is 6.07 Å². The fraction of sp³-hybridized carbons (Fsp3) is 0.125. The fourth-order valence-corrected chi connectivity index (χ4v) is 2.01. The van der Waals surface area contributed by atoms with Gasteiger partial charge in [0.25, 0.3) is 5.91 Å². The van der Waals surface area contributed by atoms with Crippen molar-refractivity contribution in [2.45, 2.75) is 6.92 Å². The number of nitriles is 1. The van der Waals surface area contributed by atoms with Crippen molar-refractivity contribution in [3.63, 3.8) is 0 Å². The van der Waals surface area contributed by atoms with Crippen molar-refractivity contribution < 1.29 is 4.79 Å². The quantitative estimate of drug-likeness (QED) is 0.849. The first-order valence-corrected chi connectivity index (χ1v) is 6.17. The molecule has 2 aromatic rings. The van der Waals surface area contributed by atoms with Crippen LogP contribution in [0.2, 0.25) is 0 Å². The molecule has 4 heteroatoms. The predicted molar refractivity (Wildman–Crippen MR) is 79.5 cm³/mol. The van der Waals surface area contributed by atoms with Crippen molar-refractivity contribution in [2.75, 3.05) is 17.7 Å². The van der Waals surface area contributed by atoms with Gasteiger partial charge in [-0.3, -0.25) is 4.79 Å². The Hall–Kier alpha value is -2.80. The first-order chi connectivity index (χ1) is 9.52. The van der Waals surface area contributed by atoms with E-state index in [9.17, 15) is 4.79 Å². The second kappa shape index (κ2) is 5.45. The first-order valence-electron chi connectivity index (χ1n) is 6.17. The highest BCUT2D eigenvalue weighted by atomic mass is 16.2. The minimum absolute atomic E-state index is 0.127. The van der Waals surface area contributed by atoms with Crippen LogP contribution in [0.15, 0.2) is 42.5 Å². The summed E-state index contributed by atoms with van der Waals surface area (Å²) in [5.41, 5.74) is 8.97. The highest BCUT2D eigenvalue weighted by molar-refractivity contribution is 6.06. The van der Waals surface area contributed by atoms with Crippen molar-refractivity contribution in [1.82, 2.24) is 0 Å². The lowest BCUT2D eigenvalue weighted by molar-refractivity contribution is 0.0992. The second-order valence-electron chi connectivity index (χ2n) is 4.60. The molecule has 100 valence electrons. The molecule has 0 radical (unpaired) electrons. The lowest BCUT2D eigenvalue weighted by atomic mass is 10.1. The Balaban J connectivity index is 2.35. The van der Waals surface area contributed by atoms with Gasteiger partial charge in [0.2, 0.25) is 0 Å². The summed E-state index contributed by atoms with van der Waals surface area (Å²) in [4.78, 5) is 14.0. The molecule has 4 nitrogen and oxygen atoms in total. The second-order valence-corrected chi connectivity index (χ2v) is 4.60. The third-order valence-electron chi connectivity index (χ3n) is 3.15. The molecule has 0 bridgehead atoms. The number of nitrogens with zero attached hydrogens (tertiary/aromatic N) is 2. The van der Waals surface area contributed by atoms with Crippen molar-refractivity contribution in [2.24, 2.45) is 0 Å². The molecule has 0 spiro atoms. The molecule has 2 N–H and O–H groups in total. The molecule has 0 saturated heterocycles. The summed E-state index contributed by atoms with van der Waals surface area (Å²) in [6.45, 7) is 1.85.